The van der Waals surface area contributed by atoms with Gasteiger partial charge in [-0.05, 0) is 16.0 Å². The van der Waals surface area contributed by atoms with E-state index in [0.29, 0.717) is 5.69 Å². The van der Waals surface area contributed by atoms with Crippen molar-refractivity contribution in [3.05, 3.63) is 33.4 Å². The SMILES string of the molecule is [2H]C1([2H])CN(c2ccc([N+](=O)[O-])nc2)CC([2H])([2H])N1N=O. The second-order valence-corrected chi connectivity index (χ2v) is 3.20. The van der Waals surface area contributed by atoms with E-state index in [1.807, 2.05) is 0 Å². The second-order valence-electron chi connectivity index (χ2n) is 3.20. The number of nitro groups is 1. The van der Waals surface area contributed by atoms with Crippen molar-refractivity contribution in [1.29, 1.82) is 0 Å². The Morgan fingerprint density at radius 3 is 2.65 bits per heavy atom. The largest absolute Gasteiger partial charge is 0.365 e. The number of piperazine rings is 1. The van der Waals surface area contributed by atoms with Crippen LogP contribution < -0.4 is 4.90 Å². The number of pyridine rings is 1. The Balaban J connectivity index is 2.29. The van der Waals surface area contributed by atoms with Gasteiger partial charge in [-0.25, -0.2) is 0 Å². The van der Waals surface area contributed by atoms with Gasteiger partial charge in [-0.3, -0.25) is 5.01 Å². The number of hydrogen-bond acceptors (Lipinski definition) is 6. The van der Waals surface area contributed by atoms with Crippen molar-refractivity contribution in [2.75, 3.05) is 31.0 Å². The Bertz CT molecular complexity index is 549. The number of anilines is 1. The predicted octanol–water partition coefficient (Wildman–Crippen LogP) is 0.793. The van der Waals surface area contributed by atoms with Crippen molar-refractivity contribution in [2.24, 2.45) is 5.29 Å². The van der Waals surface area contributed by atoms with Crippen LogP contribution >= 0.6 is 0 Å². The molecule has 0 bridgehead atoms. The molecule has 1 aliphatic rings. The maximum absolute atomic E-state index is 10.6. The first-order valence-corrected chi connectivity index (χ1v) is 4.66. The van der Waals surface area contributed by atoms with E-state index in [0.717, 1.165) is 12.3 Å². The molecule has 1 aromatic heterocycles. The van der Waals surface area contributed by atoms with E-state index in [2.05, 4.69) is 10.3 Å². The van der Waals surface area contributed by atoms with Crippen LogP contribution in [0.2, 0.25) is 0 Å². The first-order chi connectivity index (χ1) is 9.67. The molecule has 2 rings (SSSR count). The topological polar surface area (TPSA) is 91.9 Å². The lowest BCUT2D eigenvalue weighted by molar-refractivity contribution is -0.389. The lowest BCUT2D eigenvalue weighted by atomic mass is 10.3. The van der Waals surface area contributed by atoms with Crippen molar-refractivity contribution in [2.45, 2.75) is 0 Å². The highest BCUT2D eigenvalue weighted by atomic mass is 16.6. The fourth-order valence-electron chi connectivity index (χ4n) is 1.33. The zero-order valence-corrected chi connectivity index (χ0v) is 8.61. The predicted molar refractivity (Wildman–Crippen MR) is 60.5 cm³/mol. The van der Waals surface area contributed by atoms with Crippen molar-refractivity contribution in [3.63, 3.8) is 0 Å². The van der Waals surface area contributed by atoms with Crippen LogP contribution in [-0.2, 0) is 0 Å². The molecule has 17 heavy (non-hydrogen) atoms. The molecular formula is C9H11N5O3. The van der Waals surface area contributed by atoms with Gasteiger partial charge in [0.15, 0.2) is 6.20 Å². The van der Waals surface area contributed by atoms with E-state index in [9.17, 15) is 15.0 Å². The Labute approximate surface area is 103 Å². The van der Waals surface area contributed by atoms with Crippen LogP contribution in [0.1, 0.15) is 5.48 Å². The summed E-state index contributed by atoms with van der Waals surface area (Å²) in [5.41, 5.74) is 0.318. The summed E-state index contributed by atoms with van der Waals surface area (Å²) in [6.45, 7) is -5.27. The van der Waals surface area contributed by atoms with Crippen LogP contribution in [0, 0.1) is 15.0 Å². The quantitative estimate of drug-likeness (QED) is 0.441. The molecule has 2 heterocycles. The Morgan fingerprint density at radius 1 is 1.47 bits per heavy atom. The number of hydrogen-bond donors (Lipinski definition) is 0. The van der Waals surface area contributed by atoms with Crippen molar-refractivity contribution in [1.82, 2.24) is 9.99 Å². The molecule has 0 spiro atoms. The third-order valence-electron chi connectivity index (χ3n) is 2.19. The number of aromatic nitrogens is 1. The van der Waals surface area contributed by atoms with Gasteiger partial charge in [0, 0.05) is 19.2 Å². The molecule has 90 valence electrons. The van der Waals surface area contributed by atoms with E-state index in [4.69, 9.17) is 5.48 Å². The molecule has 0 radical (unpaired) electrons. The van der Waals surface area contributed by atoms with Crippen LogP contribution in [0.3, 0.4) is 0 Å². The van der Waals surface area contributed by atoms with Gasteiger partial charge in [0.1, 0.15) is 0 Å². The van der Waals surface area contributed by atoms with E-state index in [-0.39, 0.29) is 23.9 Å². The molecular weight excluding hydrogens is 226 g/mol. The van der Waals surface area contributed by atoms with E-state index >= 15 is 0 Å². The Morgan fingerprint density at radius 2 is 2.18 bits per heavy atom. The molecule has 0 aromatic carbocycles. The van der Waals surface area contributed by atoms with E-state index in [1.165, 1.54) is 11.0 Å². The maximum Gasteiger partial charge on any atom is 0.363 e. The summed E-state index contributed by atoms with van der Waals surface area (Å²) in [6, 6.07) is 2.49. The summed E-state index contributed by atoms with van der Waals surface area (Å²) >= 11 is 0. The van der Waals surface area contributed by atoms with E-state index < -0.39 is 17.9 Å². The van der Waals surface area contributed by atoms with Gasteiger partial charge in [0.2, 0.25) is 0 Å². The van der Waals surface area contributed by atoms with Crippen LogP contribution in [0.25, 0.3) is 0 Å². The Hall–Kier alpha value is -2.25. The summed E-state index contributed by atoms with van der Waals surface area (Å²) in [5, 5.41) is 13.2. The van der Waals surface area contributed by atoms with Crippen molar-refractivity contribution >= 4 is 11.5 Å². The van der Waals surface area contributed by atoms with Crippen LogP contribution in [-0.4, -0.2) is 41.0 Å². The summed E-state index contributed by atoms with van der Waals surface area (Å²) in [7, 11) is 0. The zero-order valence-electron chi connectivity index (χ0n) is 12.6. The molecule has 0 saturated carbocycles. The summed E-state index contributed by atoms with van der Waals surface area (Å²) < 4.78 is 30.9. The third-order valence-corrected chi connectivity index (χ3v) is 2.19. The fraction of sp³-hybridized carbons (Fsp3) is 0.444. The standard InChI is InChI=1S/C9H11N5O3/c15-11-13-5-3-12(4-6-13)8-1-2-9(10-7-8)14(16)17/h1-2,7H,3-6H2/i5D2,6D2. The molecule has 0 unspecified atom stereocenters. The van der Waals surface area contributed by atoms with Crippen LogP contribution in [0.15, 0.2) is 23.6 Å². The average Bonchev–Trinajstić information content (AvgIpc) is 2.36. The molecule has 1 aliphatic heterocycles. The van der Waals surface area contributed by atoms with Crippen molar-refractivity contribution < 1.29 is 10.4 Å². The molecule has 0 aliphatic carbocycles. The molecule has 0 N–H and O–H groups in total. The minimum absolute atomic E-state index is 0.245. The average molecular weight is 241 g/mol. The smallest absolute Gasteiger partial charge is 0.363 e. The fourth-order valence-corrected chi connectivity index (χ4v) is 1.33. The highest BCUT2D eigenvalue weighted by Crippen LogP contribution is 2.17. The van der Waals surface area contributed by atoms with Gasteiger partial charge >= 0.3 is 5.82 Å². The highest BCUT2D eigenvalue weighted by Gasteiger charge is 2.18. The van der Waals surface area contributed by atoms with Gasteiger partial charge in [-0.15, -0.1) is 4.91 Å². The summed E-state index contributed by atoms with van der Waals surface area (Å²) in [4.78, 5) is 25.4. The number of nitrogens with zero attached hydrogens (tertiary/aromatic N) is 5. The first-order valence-electron chi connectivity index (χ1n) is 6.66. The van der Waals surface area contributed by atoms with Gasteiger partial charge in [0.25, 0.3) is 0 Å². The molecule has 1 fully saturated rings. The molecule has 1 saturated heterocycles. The zero-order chi connectivity index (χ0) is 15.8. The number of rotatable bonds is 3. The lowest BCUT2D eigenvalue weighted by Gasteiger charge is -2.32. The third kappa shape index (κ3) is 2.47. The highest BCUT2D eigenvalue weighted by molar-refractivity contribution is 5.46. The second kappa shape index (κ2) is 4.73. The van der Waals surface area contributed by atoms with Crippen LogP contribution in [0.5, 0.6) is 0 Å². The van der Waals surface area contributed by atoms with E-state index in [1.54, 1.807) is 0 Å². The molecule has 0 amide bonds. The monoisotopic (exact) mass is 241 g/mol. The summed E-state index contributed by atoms with van der Waals surface area (Å²) in [5.74, 6) is -0.363. The first kappa shape index (κ1) is 7.15. The maximum atomic E-state index is 10.6. The number of nitroso groups, excluding NO2 is 1. The van der Waals surface area contributed by atoms with Gasteiger partial charge in [-0.1, -0.05) is 0 Å². The van der Waals surface area contributed by atoms with Gasteiger partial charge in [-0.2, -0.15) is 0 Å². The van der Waals surface area contributed by atoms with Crippen molar-refractivity contribution in [3.8, 4) is 0 Å². The molecule has 8 heteroatoms. The normalized spacial score (nSPS) is 25.2. The minimum atomic E-state index is -2.31. The lowest BCUT2D eigenvalue weighted by Crippen LogP contribution is -2.43. The summed E-state index contributed by atoms with van der Waals surface area (Å²) in [6.07, 6.45) is 1.16. The molecule has 1 aromatic rings. The van der Waals surface area contributed by atoms with Gasteiger partial charge < -0.3 is 15.0 Å². The Kier molecular flexibility index (Phi) is 1.99. The molecule has 8 nitrogen and oxygen atoms in total. The van der Waals surface area contributed by atoms with Gasteiger partial charge in [0.05, 0.1) is 29.5 Å². The van der Waals surface area contributed by atoms with Crippen LogP contribution in [0.4, 0.5) is 11.5 Å². The molecule has 0 atom stereocenters. The minimum Gasteiger partial charge on any atom is -0.365 e.